The number of esters is 1. The van der Waals surface area contributed by atoms with Gasteiger partial charge in [-0.05, 0) is 24.6 Å². The number of rotatable bonds is 10. The normalized spacial score (nSPS) is 12.4. The van der Waals surface area contributed by atoms with Crippen LogP contribution in [0.2, 0.25) is 0 Å². The molecule has 0 saturated heterocycles. The monoisotopic (exact) mass is 382 g/mol. The van der Waals surface area contributed by atoms with Gasteiger partial charge in [-0.2, -0.15) is 0 Å². The summed E-state index contributed by atoms with van der Waals surface area (Å²) in [5, 5.41) is 4.99. The molecule has 0 aliphatic carbocycles. The molecule has 1 aromatic rings. The van der Waals surface area contributed by atoms with Gasteiger partial charge < -0.3 is 20.1 Å². The second-order valence-electron chi connectivity index (χ2n) is 5.45. The van der Waals surface area contributed by atoms with Crippen LogP contribution in [0.3, 0.4) is 0 Å². The highest BCUT2D eigenvalue weighted by Crippen LogP contribution is 2.12. The Morgan fingerprint density at radius 1 is 1.23 bits per heavy atom. The Balaban J connectivity index is 2.56. The minimum absolute atomic E-state index is 0.0783. The smallest absolute Gasteiger partial charge is 0.328 e. The summed E-state index contributed by atoms with van der Waals surface area (Å²) >= 11 is 5.76. The van der Waals surface area contributed by atoms with Gasteiger partial charge in [0.1, 0.15) is 24.4 Å². The van der Waals surface area contributed by atoms with Gasteiger partial charge in [0, 0.05) is 0 Å². The fourth-order valence-electron chi connectivity index (χ4n) is 2.01. The molecule has 2 unspecified atom stereocenters. The zero-order valence-electron chi connectivity index (χ0n) is 14.8. The van der Waals surface area contributed by atoms with Crippen LogP contribution in [0.4, 0.5) is 0 Å². The second-order valence-corrected chi connectivity index (χ2v) is 5.76. The lowest BCUT2D eigenvalue weighted by Gasteiger charge is -2.18. The van der Waals surface area contributed by atoms with Gasteiger partial charge in [0.2, 0.25) is 11.8 Å². The van der Waals surface area contributed by atoms with Crippen molar-refractivity contribution in [1.82, 2.24) is 10.6 Å². The quantitative estimate of drug-likeness (QED) is 0.360. The fourth-order valence-corrected chi connectivity index (χ4v) is 2.23. The number of alkyl halides is 1. The van der Waals surface area contributed by atoms with Gasteiger partial charge in [0.25, 0.3) is 0 Å². The molecule has 0 aliphatic rings. The minimum Gasteiger partial charge on any atom is -0.490 e. The molecule has 7 nitrogen and oxygen atoms in total. The molecule has 0 fully saturated rings. The first kappa shape index (κ1) is 21.5. The zero-order valence-corrected chi connectivity index (χ0v) is 15.5. The minimum atomic E-state index is -0.952. The van der Waals surface area contributed by atoms with Crippen molar-refractivity contribution in [2.45, 2.75) is 25.4 Å². The number of hydrogen-bond acceptors (Lipinski definition) is 5. The van der Waals surface area contributed by atoms with E-state index in [4.69, 9.17) is 16.3 Å². The number of nitrogens with one attached hydrogen (secondary N) is 2. The molecule has 0 radical (unpaired) electrons. The highest BCUT2D eigenvalue weighted by atomic mass is 35.5. The summed E-state index contributed by atoms with van der Waals surface area (Å²) in [5.41, 5.74) is 0.755. The molecule has 2 N–H and O–H groups in total. The highest BCUT2D eigenvalue weighted by Gasteiger charge is 2.24. The lowest BCUT2D eigenvalue weighted by molar-refractivity contribution is -0.144. The van der Waals surface area contributed by atoms with Gasteiger partial charge in [-0.15, -0.1) is 11.6 Å². The van der Waals surface area contributed by atoms with Crippen LogP contribution in [0.15, 0.2) is 36.9 Å². The van der Waals surface area contributed by atoms with E-state index in [2.05, 4.69) is 21.9 Å². The van der Waals surface area contributed by atoms with Crippen molar-refractivity contribution >= 4 is 29.4 Å². The molecule has 0 spiro atoms. The third kappa shape index (κ3) is 7.14. The van der Waals surface area contributed by atoms with E-state index in [0.717, 1.165) is 5.56 Å². The first-order valence-corrected chi connectivity index (χ1v) is 8.50. The van der Waals surface area contributed by atoms with Gasteiger partial charge in [0.05, 0.1) is 19.4 Å². The topological polar surface area (TPSA) is 93.7 Å². The molecule has 26 heavy (non-hydrogen) atoms. The summed E-state index contributed by atoms with van der Waals surface area (Å²) in [7, 11) is 1.22. The SMILES string of the molecule is C=CCOc1ccc(CC(=O)NC(CCl)C(=O)NC(C)C(=O)OC)cc1. The summed E-state index contributed by atoms with van der Waals surface area (Å²) in [4.78, 5) is 35.6. The Hall–Kier alpha value is -2.54. The maximum absolute atomic E-state index is 12.1. The molecular formula is C18H23ClN2O5. The van der Waals surface area contributed by atoms with Crippen molar-refractivity contribution in [3.8, 4) is 5.75 Å². The molecule has 1 aromatic carbocycles. The van der Waals surface area contributed by atoms with Gasteiger partial charge >= 0.3 is 5.97 Å². The number of halogens is 1. The van der Waals surface area contributed by atoms with E-state index in [1.54, 1.807) is 30.3 Å². The molecule has 1 rings (SSSR count). The van der Waals surface area contributed by atoms with E-state index in [9.17, 15) is 14.4 Å². The van der Waals surface area contributed by atoms with E-state index < -0.39 is 24.0 Å². The van der Waals surface area contributed by atoms with Crippen LogP contribution in [0.1, 0.15) is 12.5 Å². The third-order valence-electron chi connectivity index (χ3n) is 3.38. The average Bonchev–Trinajstić information content (AvgIpc) is 2.64. The van der Waals surface area contributed by atoms with E-state index in [1.807, 2.05) is 0 Å². The molecule has 2 atom stereocenters. The number of hydrogen-bond donors (Lipinski definition) is 2. The molecular weight excluding hydrogens is 360 g/mol. The molecule has 2 amide bonds. The number of carbonyl (C=O) groups excluding carboxylic acids is 3. The number of carbonyl (C=O) groups is 3. The Morgan fingerprint density at radius 2 is 1.88 bits per heavy atom. The molecule has 142 valence electrons. The number of methoxy groups -OCH3 is 1. The average molecular weight is 383 g/mol. The Morgan fingerprint density at radius 3 is 2.42 bits per heavy atom. The highest BCUT2D eigenvalue weighted by molar-refractivity contribution is 6.20. The van der Waals surface area contributed by atoms with Crippen molar-refractivity contribution in [2.75, 3.05) is 19.6 Å². The Labute approximate surface area is 157 Å². The standard InChI is InChI=1S/C18H23ClN2O5/c1-4-9-26-14-7-5-13(6-8-14)10-16(22)21-15(11-19)17(23)20-12(2)18(24)25-3/h4-8,12,15H,1,9-11H2,2-3H3,(H,20,23)(H,21,22). The van der Waals surface area contributed by atoms with Crippen molar-refractivity contribution in [1.29, 1.82) is 0 Å². The van der Waals surface area contributed by atoms with Gasteiger partial charge in [-0.3, -0.25) is 9.59 Å². The van der Waals surface area contributed by atoms with Crippen molar-refractivity contribution in [2.24, 2.45) is 0 Å². The summed E-state index contributed by atoms with van der Waals surface area (Å²) in [5.74, 6) is -0.962. The zero-order chi connectivity index (χ0) is 19.5. The van der Waals surface area contributed by atoms with Crippen LogP contribution in [-0.2, 0) is 25.5 Å². The largest absolute Gasteiger partial charge is 0.490 e. The summed E-state index contributed by atoms with van der Waals surface area (Å²) in [6, 6.07) is 5.22. The predicted octanol–water partition coefficient (Wildman–Crippen LogP) is 1.20. The van der Waals surface area contributed by atoms with E-state index in [1.165, 1.54) is 14.0 Å². The van der Waals surface area contributed by atoms with Crippen molar-refractivity contribution in [3.63, 3.8) is 0 Å². The predicted molar refractivity (Wildman–Crippen MR) is 98.1 cm³/mol. The van der Waals surface area contributed by atoms with Gasteiger partial charge in [-0.25, -0.2) is 4.79 Å². The number of amides is 2. The van der Waals surface area contributed by atoms with Crippen LogP contribution in [-0.4, -0.2) is 49.5 Å². The van der Waals surface area contributed by atoms with Gasteiger partial charge in [0.15, 0.2) is 0 Å². The van der Waals surface area contributed by atoms with E-state index in [-0.39, 0.29) is 18.2 Å². The molecule has 0 heterocycles. The van der Waals surface area contributed by atoms with Crippen LogP contribution in [0.25, 0.3) is 0 Å². The maximum atomic E-state index is 12.1. The van der Waals surface area contributed by atoms with Gasteiger partial charge in [-0.1, -0.05) is 24.8 Å². The Bertz CT molecular complexity index is 633. The Kier molecular flexibility index (Phi) is 9.22. The van der Waals surface area contributed by atoms with Crippen molar-refractivity contribution < 1.29 is 23.9 Å². The summed E-state index contributed by atoms with van der Waals surface area (Å²) in [6.07, 6.45) is 1.72. The molecule has 8 heteroatoms. The third-order valence-corrected chi connectivity index (χ3v) is 3.68. The van der Waals surface area contributed by atoms with Crippen LogP contribution < -0.4 is 15.4 Å². The molecule has 0 bridgehead atoms. The summed E-state index contributed by atoms with van der Waals surface area (Å²) in [6.45, 7) is 5.45. The molecule has 0 aromatic heterocycles. The molecule has 0 aliphatic heterocycles. The fraction of sp³-hybridized carbons (Fsp3) is 0.389. The van der Waals surface area contributed by atoms with Crippen molar-refractivity contribution in [3.05, 3.63) is 42.5 Å². The lowest BCUT2D eigenvalue weighted by Crippen LogP contribution is -2.52. The van der Waals surface area contributed by atoms with E-state index in [0.29, 0.717) is 12.4 Å². The van der Waals surface area contributed by atoms with E-state index >= 15 is 0 Å². The first-order chi connectivity index (χ1) is 12.4. The first-order valence-electron chi connectivity index (χ1n) is 7.97. The second kappa shape index (κ2) is 11.1. The number of ether oxygens (including phenoxy) is 2. The van der Waals surface area contributed by atoms with Crippen LogP contribution >= 0.6 is 11.6 Å². The maximum Gasteiger partial charge on any atom is 0.328 e. The summed E-state index contributed by atoms with van der Waals surface area (Å²) < 4.78 is 9.90. The lowest BCUT2D eigenvalue weighted by atomic mass is 10.1. The number of benzene rings is 1. The molecule has 0 saturated carbocycles. The van der Waals surface area contributed by atoms with Crippen LogP contribution in [0.5, 0.6) is 5.75 Å². The van der Waals surface area contributed by atoms with Crippen LogP contribution in [0, 0.1) is 0 Å².